The summed E-state index contributed by atoms with van der Waals surface area (Å²) in [4.78, 5) is 11.5. The highest BCUT2D eigenvalue weighted by molar-refractivity contribution is 5.76. The van der Waals surface area contributed by atoms with Crippen molar-refractivity contribution in [3.8, 4) is 0 Å². The summed E-state index contributed by atoms with van der Waals surface area (Å²) in [7, 11) is 1.85. The fourth-order valence-corrected chi connectivity index (χ4v) is 2.00. The van der Waals surface area contributed by atoms with E-state index in [9.17, 15) is 4.79 Å². The summed E-state index contributed by atoms with van der Waals surface area (Å²) in [6.07, 6.45) is 0.528. The maximum Gasteiger partial charge on any atom is 0.221 e. The Morgan fingerprint density at radius 2 is 1.76 bits per heavy atom. The summed E-state index contributed by atoms with van der Waals surface area (Å²) in [6.45, 7) is 7.62. The molecule has 17 heavy (non-hydrogen) atoms. The molecule has 0 unspecified atom stereocenters. The number of carbonyl (C=O) groups is 1. The molecular weight excluding hydrogens is 212 g/mol. The van der Waals surface area contributed by atoms with Gasteiger partial charge in [-0.1, -0.05) is 17.7 Å². The van der Waals surface area contributed by atoms with Crippen LogP contribution in [0.3, 0.4) is 0 Å². The first kappa shape index (κ1) is 13.7. The number of nitrogens with one attached hydrogen (secondary N) is 2. The van der Waals surface area contributed by atoms with Gasteiger partial charge in [0.2, 0.25) is 5.91 Å². The van der Waals surface area contributed by atoms with E-state index in [-0.39, 0.29) is 5.91 Å². The molecule has 0 aromatic heterocycles. The van der Waals surface area contributed by atoms with Crippen LogP contribution in [0.25, 0.3) is 0 Å². The topological polar surface area (TPSA) is 41.1 Å². The molecular formula is C14H22N2O. The van der Waals surface area contributed by atoms with E-state index < -0.39 is 0 Å². The third-order valence-electron chi connectivity index (χ3n) is 2.90. The van der Waals surface area contributed by atoms with E-state index in [4.69, 9.17) is 0 Å². The molecule has 3 heteroatoms. The fraction of sp³-hybridized carbons (Fsp3) is 0.500. The Balaban J connectivity index is 2.60. The Bertz CT molecular complexity index is 376. The molecule has 0 heterocycles. The Kier molecular flexibility index (Phi) is 5.16. The summed E-state index contributed by atoms with van der Waals surface area (Å²) in [5, 5.41) is 5.92. The van der Waals surface area contributed by atoms with Gasteiger partial charge in [-0.3, -0.25) is 4.79 Å². The molecule has 1 aromatic carbocycles. The minimum Gasteiger partial charge on any atom is -0.352 e. The third-order valence-corrected chi connectivity index (χ3v) is 2.90. The van der Waals surface area contributed by atoms with Crippen molar-refractivity contribution in [1.29, 1.82) is 0 Å². The Hall–Kier alpha value is -1.35. The zero-order chi connectivity index (χ0) is 12.8. The summed E-state index contributed by atoms with van der Waals surface area (Å²) < 4.78 is 0. The van der Waals surface area contributed by atoms with Crippen LogP contribution in [0.5, 0.6) is 0 Å². The minimum atomic E-state index is 0.0960. The zero-order valence-electron chi connectivity index (χ0n) is 11.2. The third kappa shape index (κ3) is 4.19. The molecule has 1 aromatic rings. The van der Waals surface area contributed by atoms with Gasteiger partial charge in [0.05, 0.1) is 0 Å². The lowest BCUT2D eigenvalue weighted by atomic mass is 10.00. The molecule has 1 rings (SSSR count). The molecule has 3 nitrogen and oxygen atoms in total. The van der Waals surface area contributed by atoms with E-state index in [2.05, 4.69) is 43.5 Å². The van der Waals surface area contributed by atoms with Crippen LogP contribution < -0.4 is 10.6 Å². The van der Waals surface area contributed by atoms with Crippen molar-refractivity contribution < 1.29 is 4.79 Å². The molecule has 94 valence electrons. The highest BCUT2D eigenvalue weighted by Crippen LogP contribution is 2.15. The van der Waals surface area contributed by atoms with Crippen molar-refractivity contribution in [2.75, 3.05) is 13.6 Å². The van der Waals surface area contributed by atoms with Gasteiger partial charge in [0.15, 0.2) is 0 Å². The number of rotatable bonds is 5. The largest absolute Gasteiger partial charge is 0.352 e. The second-order valence-corrected chi connectivity index (χ2v) is 4.51. The van der Waals surface area contributed by atoms with Crippen LogP contribution in [-0.4, -0.2) is 19.5 Å². The highest BCUT2D eigenvalue weighted by Gasteiger charge is 2.05. The summed E-state index contributed by atoms with van der Waals surface area (Å²) in [5.74, 6) is 0.0960. The van der Waals surface area contributed by atoms with Gasteiger partial charge in [-0.05, 0) is 44.5 Å². The van der Waals surface area contributed by atoms with E-state index in [1.54, 1.807) is 0 Å². The lowest BCUT2D eigenvalue weighted by molar-refractivity contribution is -0.121. The van der Waals surface area contributed by atoms with Crippen LogP contribution >= 0.6 is 0 Å². The predicted octanol–water partition coefficient (Wildman–Crippen LogP) is 1.84. The smallest absolute Gasteiger partial charge is 0.221 e. The second-order valence-electron chi connectivity index (χ2n) is 4.51. The number of carbonyl (C=O) groups excluding carboxylic acids is 1. The first-order valence-corrected chi connectivity index (χ1v) is 6.02. The van der Waals surface area contributed by atoms with Crippen molar-refractivity contribution in [3.05, 3.63) is 34.4 Å². The zero-order valence-corrected chi connectivity index (χ0v) is 11.2. The van der Waals surface area contributed by atoms with Gasteiger partial charge < -0.3 is 10.6 Å². The number of amides is 1. The van der Waals surface area contributed by atoms with Crippen LogP contribution in [0.2, 0.25) is 0 Å². The van der Waals surface area contributed by atoms with Crippen molar-refractivity contribution in [2.45, 2.75) is 33.7 Å². The van der Waals surface area contributed by atoms with Crippen LogP contribution in [-0.2, 0) is 11.3 Å². The molecule has 0 saturated carbocycles. The van der Waals surface area contributed by atoms with Crippen LogP contribution in [0.4, 0.5) is 0 Å². The molecule has 0 aliphatic rings. The molecule has 0 spiro atoms. The van der Waals surface area contributed by atoms with E-state index in [0.29, 0.717) is 13.0 Å². The van der Waals surface area contributed by atoms with Gasteiger partial charge in [-0.15, -0.1) is 0 Å². The predicted molar refractivity (Wildman–Crippen MR) is 71.0 cm³/mol. The molecule has 0 atom stereocenters. The minimum absolute atomic E-state index is 0.0960. The van der Waals surface area contributed by atoms with Crippen LogP contribution in [0.1, 0.15) is 28.7 Å². The van der Waals surface area contributed by atoms with Crippen molar-refractivity contribution in [1.82, 2.24) is 10.6 Å². The number of hydrogen-bond donors (Lipinski definition) is 2. The quantitative estimate of drug-likeness (QED) is 0.816. The van der Waals surface area contributed by atoms with Gasteiger partial charge in [-0.2, -0.15) is 0 Å². The second kappa shape index (κ2) is 6.40. The van der Waals surface area contributed by atoms with Crippen LogP contribution in [0.15, 0.2) is 12.1 Å². The fourth-order valence-electron chi connectivity index (χ4n) is 2.00. The first-order chi connectivity index (χ1) is 8.04. The van der Waals surface area contributed by atoms with Gasteiger partial charge in [-0.25, -0.2) is 0 Å². The summed E-state index contributed by atoms with van der Waals surface area (Å²) in [6, 6.07) is 4.31. The van der Waals surface area contributed by atoms with E-state index in [0.717, 1.165) is 6.54 Å². The first-order valence-electron chi connectivity index (χ1n) is 6.02. The van der Waals surface area contributed by atoms with Gasteiger partial charge >= 0.3 is 0 Å². The summed E-state index contributed by atoms with van der Waals surface area (Å²) in [5.41, 5.74) is 4.99. The highest BCUT2D eigenvalue weighted by atomic mass is 16.1. The summed E-state index contributed by atoms with van der Waals surface area (Å²) >= 11 is 0. The van der Waals surface area contributed by atoms with Gasteiger partial charge in [0, 0.05) is 19.5 Å². The molecule has 0 saturated heterocycles. The normalized spacial score (nSPS) is 10.4. The maximum atomic E-state index is 11.5. The number of hydrogen-bond acceptors (Lipinski definition) is 2. The molecule has 0 bridgehead atoms. The number of benzene rings is 1. The lowest BCUT2D eigenvalue weighted by Gasteiger charge is -2.12. The molecule has 2 N–H and O–H groups in total. The van der Waals surface area contributed by atoms with E-state index in [1.165, 1.54) is 22.3 Å². The monoisotopic (exact) mass is 234 g/mol. The Labute approximate surface area is 104 Å². The molecule has 0 radical (unpaired) electrons. The van der Waals surface area contributed by atoms with Crippen LogP contribution in [0, 0.1) is 20.8 Å². The Morgan fingerprint density at radius 3 is 2.29 bits per heavy atom. The molecule has 0 fully saturated rings. The van der Waals surface area contributed by atoms with Crippen molar-refractivity contribution in [3.63, 3.8) is 0 Å². The standard InChI is InChI=1S/C14H22N2O/c1-10-7-11(2)13(12(3)8-10)9-16-14(17)5-6-15-4/h7-8,15H,5-6,9H2,1-4H3,(H,16,17). The number of aryl methyl sites for hydroxylation is 3. The van der Waals surface area contributed by atoms with Crippen molar-refractivity contribution >= 4 is 5.91 Å². The SMILES string of the molecule is CNCCC(=O)NCc1c(C)cc(C)cc1C. The Morgan fingerprint density at radius 1 is 1.18 bits per heavy atom. The van der Waals surface area contributed by atoms with Gasteiger partial charge in [0.1, 0.15) is 0 Å². The average Bonchev–Trinajstić information content (AvgIpc) is 2.24. The van der Waals surface area contributed by atoms with E-state index >= 15 is 0 Å². The van der Waals surface area contributed by atoms with E-state index in [1.807, 2.05) is 7.05 Å². The molecule has 0 aliphatic heterocycles. The molecule has 0 aliphatic carbocycles. The van der Waals surface area contributed by atoms with Crippen molar-refractivity contribution in [2.24, 2.45) is 0 Å². The maximum absolute atomic E-state index is 11.5. The average molecular weight is 234 g/mol. The lowest BCUT2D eigenvalue weighted by Crippen LogP contribution is -2.26. The molecule has 1 amide bonds. The van der Waals surface area contributed by atoms with Gasteiger partial charge in [0.25, 0.3) is 0 Å².